The average molecular weight is 315 g/mol. The molecule has 0 bridgehead atoms. The number of aliphatic hydroxyl groups is 1. The summed E-state index contributed by atoms with van der Waals surface area (Å²) in [6.07, 6.45) is 0.112. The molecule has 0 aliphatic carbocycles. The second kappa shape index (κ2) is 8.57. The van der Waals surface area contributed by atoms with Gasteiger partial charge in [0.25, 0.3) is 0 Å². The first kappa shape index (κ1) is 18.2. The summed E-state index contributed by atoms with van der Waals surface area (Å²) in [5, 5.41) is 25.7. The van der Waals surface area contributed by atoms with Crippen molar-refractivity contribution < 1.29 is 24.6 Å². The minimum Gasteiger partial charge on any atom is -0.465 e. The summed E-state index contributed by atoms with van der Waals surface area (Å²) in [6.45, 7) is 4.08. The standard InChI is InChI=1S/C14H25N3O5/c1-8(2)5-11(17-14(21)22)13(20)16-10(7-18)6-9-3-4-15-12(9)19/h8-11,17-18H,3-7H2,1-2H3,(H,15,19)(H,16,20)(H,21,22)/t9-,10-,11-/m0/s1. The Labute approximate surface area is 129 Å². The van der Waals surface area contributed by atoms with Crippen LogP contribution in [0.15, 0.2) is 0 Å². The fourth-order valence-electron chi connectivity index (χ4n) is 2.55. The molecule has 0 radical (unpaired) electrons. The van der Waals surface area contributed by atoms with Gasteiger partial charge >= 0.3 is 6.09 Å². The first-order chi connectivity index (χ1) is 10.3. The molecule has 0 saturated carbocycles. The lowest BCUT2D eigenvalue weighted by Gasteiger charge is -2.23. The Morgan fingerprint density at radius 3 is 2.50 bits per heavy atom. The highest BCUT2D eigenvalue weighted by Gasteiger charge is 2.29. The van der Waals surface area contributed by atoms with Gasteiger partial charge in [-0.25, -0.2) is 4.79 Å². The van der Waals surface area contributed by atoms with Crippen molar-refractivity contribution >= 4 is 17.9 Å². The van der Waals surface area contributed by atoms with Gasteiger partial charge in [-0.3, -0.25) is 9.59 Å². The monoisotopic (exact) mass is 315 g/mol. The van der Waals surface area contributed by atoms with Crippen LogP contribution in [-0.2, 0) is 9.59 Å². The van der Waals surface area contributed by atoms with E-state index < -0.39 is 24.1 Å². The van der Waals surface area contributed by atoms with Gasteiger partial charge in [0.15, 0.2) is 0 Å². The Bertz CT molecular complexity index is 413. The lowest BCUT2D eigenvalue weighted by atomic mass is 9.97. The molecule has 22 heavy (non-hydrogen) atoms. The van der Waals surface area contributed by atoms with E-state index in [1.165, 1.54) is 0 Å². The summed E-state index contributed by atoms with van der Waals surface area (Å²) in [7, 11) is 0. The third kappa shape index (κ3) is 5.88. The molecule has 1 heterocycles. The van der Waals surface area contributed by atoms with Crippen molar-refractivity contribution in [2.24, 2.45) is 11.8 Å². The van der Waals surface area contributed by atoms with Crippen LogP contribution >= 0.6 is 0 Å². The fourth-order valence-corrected chi connectivity index (χ4v) is 2.55. The largest absolute Gasteiger partial charge is 0.465 e. The summed E-state index contributed by atoms with van der Waals surface area (Å²) < 4.78 is 0. The molecule has 1 aliphatic heterocycles. The van der Waals surface area contributed by atoms with E-state index in [1.54, 1.807) is 0 Å². The van der Waals surface area contributed by atoms with E-state index in [-0.39, 0.29) is 24.3 Å². The maximum atomic E-state index is 12.2. The van der Waals surface area contributed by atoms with Crippen LogP contribution < -0.4 is 16.0 Å². The van der Waals surface area contributed by atoms with Crippen LogP contribution in [0.4, 0.5) is 4.79 Å². The van der Waals surface area contributed by atoms with Gasteiger partial charge in [0.2, 0.25) is 11.8 Å². The van der Waals surface area contributed by atoms with Crippen molar-refractivity contribution in [1.29, 1.82) is 0 Å². The number of hydrogen-bond acceptors (Lipinski definition) is 4. The number of nitrogens with one attached hydrogen (secondary N) is 3. The van der Waals surface area contributed by atoms with Gasteiger partial charge < -0.3 is 26.2 Å². The van der Waals surface area contributed by atoms with Gasteiger partial charge in [0.1, 0.15) is 6.04 Å². The normalized spacial score (nSPS) is 20.4. The maximum Gasteiger partial charge on any atom is 0.405 e. The molecule has 0 aromatic carbocycles. The number of carboxylic acid groups (broad SMARTS) is 1. The molecule has 3 atom stereocenters. The summed E-state index contributed by atoms with van der Waals surface area (Å²) in [5.41, 5.74) is 0. The average Bonchev–Trinajstić information content (AvgIpc) is 2.81. The zero-order chi connectivity index (χ0) is 16.7. The molecule has 8 nitrogen and oxygen atoms in total. The lowest BCUT2D eigenvalue weighted by Crippen LogP contribution is -2.51. The van der Waals surface area contributed by atoms with E-state index in [1.807, 2.05) is 13.8 Å². The molecule has 0 unspecified atom stereocenters. The summed E-state index contributed by atoms with van der Waals surface area (Å²) in [5.74, 6) is -0.645. The van der Waals surface area contributed by atoms with Crippen molar-refractivity contribution in [2.75, 3.05) is 13.2 Å². The van der Waals surface area contributed by atoms with Gasteiger partial charge in [0.05, 0.1) is 12.6 Å². The molecule has 1 rings (SSSR count). The molecular formula is C14H25N3O5. The van der Waals surface area contributed by atoms with Crippen molar-refractivity contribution in [3.63, 3.8) is 0 Å². The van der Waals surface area contributed by atoms with E-state index in [2.05, 4.69) is 16.0 Å². The molecule has 126 valence electrons. The molecular weight excluding hydrogens is 290 g/mol. The quantitative estimate of drug-likeness (QED) is 0.419. The predicted octanol–water partition coefficient (Wildman–Crippen LogP) is -0.328. The van der Waals surface area contributed by atoms with Crippen molar-refractivity contribution in [1.82, 2.24) is 16.0 Å². The highest BCUT2D eigenvalue weighted by atomic mass is 16.4. The van der Waals surface area contributed by atoms with Gasteiger partial charge in [-0.2, -0.15) is 0 Å². The van der Waals surface area contributed by atoms with Crippen LogP contribution in [0.1, 0.15) is 33.1 Å². The second-order valence-corrected chi connectivity index (χ2v) is 6.03. The van der Waals surface area contributed by atoms with Crippen LogP contribution in [0, 0.1) is 11.8 Å². The van der Waals surface area contributed by atoms with Crippen LogP contribution in [0.3, 0.4) is 0 Å². The first-order valence-corrected chi connectivity index (χ1v) is 7.51. The van der Waals surface area contributed by atoms with Gasteiger partial charge in [-0.1, -0.05) is 13.8 Å². The summed E-state index contributed by atoms with van der Waals surface area (Å²) in [4.78, 5) is 34.5. The highest BCUT2D eigenvalue weighted by molar-refractivity contribution is 5.85. The third-order valence-electron chi connectivity index (χ3n) is 3.62. The SMILES string of the molecule is CC(C)C[C@H](NC(=O)O)C(=O)N[C@H](CO)C[C@@H]1CCNC1=O. The number of amides is 3. The molecule has 3 amide bonds. The predicted molar refractivity (Wildman–Crippen MR) is 79.2 cm³/mol. The molecule has 1 aliphatic rings. The van der Waals surface area contributed by atoms with Crippen molar-refractivity contribution in [2.45, 2.75) is 45.2 Å². The van der Waals surface area contributed by atoms with E-state index in [9.17, 15) is 19.5 Å². The minimum absolute atomic E-state index is 0.0740. The molecule has 5 N–H and O–H groups in total. The number of hydrogen-bond donors (Lipinski definition) is 5. The van der Waals surface area contributed by atoms with Gasteiger partial charge in [-0.15, -0.1) is 0 Å². The van der Waals surface area contributed by atoms with E-state index in [0.29, 0.717) is 25.8 Å². The van der Waals surface area contributed by atoms with E-state index >= 15 is 0 Å². The number of carbonyl (C=O) groups is 3. The first-order valence-electron chi connectivity index (χ1n) is 7.51. The molecule has 0 aromatic heterocycles. The van der Waals surface area contributed by atoms with Crippen molar-refractivity contribution in [3.8, 4) is 0 Å². The van der Waals surface area contributed by atoms with E-state index in [4.69, 9.17) is 5.11 Å². The van der Waals surface area contributed by atoms with Gasteiger partial charge in [-0.05, 0) is 25.2 Å². The lowest BCUT2D eigenvalue weighted by molar-refractivity contribution is -0.126. The summed E-state index contributed by atoms with van der Waals surface area (Å²) >= 11 is 0. The topological polar surface area (TPSA) is 128 Å². The smallest absolute Gasteiger partial charge is 0.405 e. The molecule has 1 saturated heterocycles. The second-order valence-electron chi connectivity index (χ2n) is 6.03. The Hall–Kier alpha value is -1.83. The number of aliphatic hydroxyl groups excluding tert-OH is 1. The summed E-state index contributed by atoms with van der Waals surface area (Å²) in [6, 6.07) is -1.43. The number of rotatable bonds is 8. The van der Waals surface area contributed by atoms with Crippen LogP contribution in [0.2, 0.25) is 0 Å². The van der Waals surface area contributed by atoms with Crippen LogP contribution in [0.25, 0.3) is 0 Å². The molecule has 8 heteroatoms. The minimum atomic E-state index is -1.27. The zero-order valence-corrected chi connectivity index (χ0v) is 13.0. The Morgan fingerprint density at radius 2 is 2.05 bits per heavy atom. The third-order valence-corrected chi connectivity index (χ3v) is 3.62. The highest BCUT2D eigenvalue weighted by Crippen LogP contribution is 2.16. The van der Waals surface area contributed by atoms with Crippen LogP contribution in [0.5, 0.6) is 0 Å². The Balaban J connectivity index is 2.59. The van der Waals surface area contributed by atoms with Crippen molar-refractivity contribution in [3.05, 3.63) is 0 Å². The Morgan fingerprint density at radius 1 is 1.36 bits per heavy atom. The zero-order valence-electron chi connectivity index (χ0n) is 13.0. The molecule has 0 aromatic rings. The number of carbonyl (C=O) groups excluding carboxylic acids is 2. The van der Waals surface area contributed by atoms with Crippen LogP contribution in [-0.4, -0.2) is 53.4 Å². The van der Waals surface area contributed by atoms with Gasteiger partial charge in [0, 0.05) is 12.5 Å². The fraction of sp³-hybridized carbons (Fsp3) is 0.786. The van der Waals surface area contributed by atoms with E-state index in [0.717, 1.165) is 0 Å². The maximum absolute atomic E-state index is 12.2. The molecule has 1 fully saturated rings. The Kier molecular flexibility index (Phi) is 7.10. The molecule has 0 spiro atoms.